The van der Waals surface area contributed by atoms with Gasteiger partial charge in [-0.05, 0) is 12.8 Å². The number of primary amides is 1. The second kappa shape index (κ2) is 6.88. The fourth-order valence-electron chi connectivity index (χ4n) is 1.57. The molecule has 1 atom stereocenters. The third kappa shape index (κ3) is 4.22. The minimum Gasteiger partial charge on any atom is -0.368 e. The van der Waals surface area contributed by atoms with Gasteiger partial charge in [-0.15, -0.1) is 0 Å². The zero-order chi connectivity index (χ0) is 15.3. The molecule has 0 aromatic carbocycles. The third-order valence-electron chi connectivity index (χ3n) is 2.62. The van der Waals surface area contributed by atoms with Crippen LogP contribution in [0.1, 0.15) is 20.8 Å². The fourth-order valence-corrected chi connectivity index (χ4v) is 1.57. The van der Waals surface area contributed by atoms with Crippen LogP contribution in [0.5, 0.6) is 0 Å². The van der Waals surface area contributed by atoms with Crippen LogP contribution in [-0.4, -0.2) is 47.5 Å². The Kier molecular flexibility index (Phi) is 5.48. The number of carbonyl (C=O) groups is 1. The Balaban J connectivity index is 3.06. The quantitative estimate of drug-likeness (QED) is 0.659. The Morgan fingerprint density at radius 3 is 2.30 bits per heavy atom. The van der Waals surface area contributed by atoms with Gasteiger partial charge in [0.05, 0.1) is 0 Å². The Morgan fingerprint density at radius 1 is 1.25 bits per heavy atom. The first-order valence-corrected chi connectivity index (χ1v) is 6.58. The highest BCUT2D eigenvalue weighted by atomic mass is 16.1. The minimum absolute atomic E-state index is 0.0367. The van der Waals surface area contributed by atoms with Crippen molar-refractivity contribution in [1.29, 1.82) is 0 Å². The highest BCUT2D eigenvalue weighted by Crippen LogP contribution is 2.14. The summed E-state index contributed by atoms with van der Waals surface area (Å²) in [6.07, 6.45) is 0. The molecule has 0 saturated heterocycles. The van der Waals surface area contributed by atoms with E-state index in [0.29, 0.717) is 24.4 Å². The molecule has 0 aliphatic heterocycles. The zero-order valence-electron chi connectivity index (χ0n) is 12.6. The van der Waals surface area contributed by atoms with Gasteiger partial charge in [0.25, 0.3) is 0 Å². The van der Waals surface area contributed by atoms with Crippen molar-refractivity contribution >= 4 is 23.8 Å². The SMILES string of the molecule is CCNc1nc(NC(C(N)=O)C(C)C)nc(N(C)C)n1. The second-order valence-corrected chi connectivity index (χ2v) is 4.98. The van der Waals surface area contributed by atoms with Gasteiger partial charge < -0.3 is 21.3 Å². The van der Waals surface area contributed by atoms with Gasteiger partial charge in [-0.3, -0.25) is 4.79 Å². The van der Waals surface area contributed by atoms with E-state index in [1.165, 1.54) is 0 Å². The lowest BCUT2D eigenvalue weighted by atomic mass is 10.0. The number of hydrogen-bond acceptors (Lipinski definition) is 7. The number of rotatable bonds is 7. The van der Waals surface area contributed by atoms with Gasteiger partial charge >= 0.3 is 0 Å². The molecule has 1 aromatic heterocycles. The van der Waals surface area contributed by atoms with Gasteiger partial charge in [0, 0.05) is 20.6 Å². The van der Waals surface area contributed by atoms with Gasteiger partial charge in [0.1, 0.15) is 6.04 Å². The maximum absolute atomic E-state index is 11.4. The van der Waals surface area contributed by atoms with E-state index in [9.17, 15) is 4.79 Å². The molecule has 112 valence electrons. The van der Waals surface area contributed by atoms with Crippen LogP contribution in [0.3, 0.4) is 0 Å². The molecule has 0 bridgehead atoms. The fraction of sp³-hybridized carbons (Fsp3) is 0.667. The number of nitrogens with two attached hydrogens (primary N) is 1. The molecule has 0 saturated carbocycles. The minimum atomic E-state index is -0.526. The lowest BCUT2D eigenvalue weighted by Gasteiger charge is -2.20. The number of nitrogens with one attached hydrogen (secondary N) is 2. The van der Waals surface area contributed by atoms with E-state index in [4.69, 9.17) is 5.73 Å². The van der Waals surface area contributed by atoms with Gasteiger partial charge in [0.2, 0.25) is 23.8 Å². The average molecular weight is 281 g/mol. The highest BCUT2D eigenvalue weighted by Gasteiger charge is 2.21. The van der Waals surface area contributed by atoms with E-state index in [2.05, 4.69) is 25.6 Å². The van der Waals surface area contributed by atoms with Crippen molar-refractivity contribution in [2.75, 3.05) is 36.2 Å². The van der Waals surface area contributed by atoms with Crippen LogP contribution >= 0.6 is 0 Å². The first-order valence-electron chi connectivity index (χ1n) is 6.58. The summed E-state index contributed by atoms with van der Waals surface area (Å²) in [6.45, 7) is 6.45. The lowest BCUT2D eigenvalue weighted by molar-refractivity contribution is -0.119. The summed E-state index contributed by atoms with van der Waals surface area (Å²) in [5.74, 6) is 0.898. The maximum atomic E-state index is 11.4. The molecule has 0 spiro atoms. The Bertz CT molecular complexity index is 461. The molecule has 1 heterocycles. The molecule has 0 aliphatic rings. The smallest absolute Gasteiger partial charge is 0.240 e. The summed E-state index contributed by atoms with van der Waals surface area (Å²) in [5.41, 5.74) is 5.38. The van der Waals surface area contributed by atoms with Crippen LogP contribution in [-0.2, 0) is 4.79 Å². The third-order valence-corrected chi connectivity index (χ3v) is 2.62. The van der Waals surface area contributed by atoms with Gasteiger partial charge in [-0.1, -0.05) is 13.8 Å². The predicted molar refractivity (Wildman–Crippen MR) is 79.8 cm³/mol. The first-order chi connectivity index (χ1) is 9.35. The van der Waals surface area contributed by atoms with Crippen LogP contribution in [0.2, 0.25) is 0 Å². The van der Waals surface area contributed by atoms with Gasteiger partial charge in [-0.25, -0.2) is 0 Å². The molecule has 8 heteroatoms. The molecule has 1 aromatic rings. The zero-order valence-corrected chi connectivity index (χ0v) is 12.6. The average Bonchev–Trinajstić information content (AvgIpc) is 2.35. The summed E-state index contributed by atoms with van der Waals surface area (Å²) in [5, 5.41) is 6.00. The maximum Gasteiger partial charge on any atom is 0.240 e. The topological polar surface area (TPSA) is 109 Å². The molecule has 1 rings (SSSR count). The Morgan fingerprint density at radius 2 is 1.85 bits per heavy atom. The molecule has 20 heavy (non-hydrogen) atoms. The van der Waals surface area contributed by atoms with E-state index >= 15 is 0 Å². The number of hydrogen-bond donors (Lipinski definition) is 3. The molecule has 0 fully saturated rings. The number of amides is 1. The summed E-state index contributed by atoms with van der Waals surface area (Å²) >= 11 is 0. The van der Waals surface area contributed by atoms with Crippen molar-refractivity contribution in [2.24, 2.45) is 11.7 Å². The number of nitrogens with zero attached hydrogens (tertiary/aromatic N) is 4. The van der Waals surface area contributed by atoms with Crippen molar-refractivity contribution in [2.45, 2.75) is 26.8 Å². The Labute approximate surface area is 119 Å². The van der Waals surface area contributed by atoms with Crippen LogP contribution in [0.15, 0.2) is 0 Å². The highest BCUT2D eigenvalue weighted by molar-refractivity contribution is 5.82. The molecule has 0 aliphatic carbocycles. The van der Waals surface area contributed by atoms with Crippen molar-refractivity contribution in [3.05, 3.63) is 0 Å². The van der Waals surface area contributed by atoms with Crippen molar-refractivity contribution in [3.8, 4) is 0 Å². The number of aromatic nitrogens is 3. The largest absolute Gasteiger partial charge is 0.368 e. The molecule has 0 radical (unpaired) electrons. The van der Waals surface area contributed by atoms with Crippen LogP contribution in [0.4, 0.5) is 17.8 Å². The molecule has 4 N–H and O–H groups in total. The van der Waals surface area contributed by atoms with Crippen LogP contribution < -0.4 is 21.3 Å². The summed E-state index contributed by atoms with van der Waals surface area (Å²) in [4.78, 5) is 26.0. The molecular weight excluding hydrogens is 258 g/mol. The van der Waals surface area contributed by atoms with Crippen molar-refractivity contribution in [3.63, 3.8) is 0 Å². The summed E-state index contributed by atoms with van der Waals surface area (Å²) in [6, 6.07) is -0.526. The standard InChI is InChI=1S/C12H23N7O/c1-6-14-10-16-11(18-12(17-10)19(4)5)15-8(7(2)3)9(13)20/h7-8H,6H2,1-5H3,(H2,13,20)(H2,14,15,16,17,18). The van der Waals surface area contributed by atoms with Crippen LogP contribution in [0, 0.1) is 5.92 Å². The van der Waals surface area contributed by atoms with Crippen molar-refractivity contribution < 1.29 is 4.79 Å². The predicted octanol–water partition coefficient (Wildman–Crippen LogP) is 0.291. The molecular formula is C12H23N7O. The molecule has 1 unspecified atom stereocenters. The first kappa shape index (κ1) is 15.9. The second-order valence-electron chi connectivity index (χ2n) is 4.98. The van der Waals surface area contributed by atoms with E-state index in [1.54, 1.807) is 4.90 Å². The van der Waals surface area contributed by atoms with E-state index in [-0.39, 0.29) is 5.92 Å². The molecule has 1 amide bonds. The summed E-state index contributed by atoms with van der Waals surface area (Å²) < 4.78 is 0. The van der Waals surface area contributed by atoms with E-state index in [0.717, 1.165) is 0 Å². The van der Waals surface area contributed by atoms with Gasteiger partial charge in [0.15, 0.2) is 0 Å². The Hall–Kier alpha value is -2.12. The number of anilines is 3. The normalized spacial score (nSPS) is 12.1. The molecule has 8 nitrogen and oxygen atoms in total. The van der Waals surface area contributed by atoms with E-state index < -0.39 is 11.9 Å². The van der Waals surface area contributed by atoms with Crippen LogP contribution in [0.25, 0.3) is 0 Å². The summed E-state index contributed by atoms with van der Waals surface area (Å²) in [7, 11) is 3.67. The van der Waals surface area contributed by atoms with E-state index in [1.807, 2.05) is 34.9 Å². The lowest BCUT2D eigenvalue weighted by Crippen LogP contribution is -2.40. The van der Waals surface area contributed by atoms with Crippen molar-refractivity contribution in [1.82, 2.24) is 15.0 Å². The monoisotopic (exact) mass is 281 g/mol. The van der Waals surface area contributed by atoms with Gasteiger partial charge in [-0.2, -0.15) is 15.0 Å². The number of carbonyl (C=O) groups excluding carboxylic acids is 1.